The topological polar surface area (TPSA) is 69.7 Å². The summed E-state index contributed by atoms with van der Waals surface area (Å²) in [4.78, 5) is 14.6. The molecule has 2 aromatic carbocycles. The fourth-order valence-corrected chi connectivity index (χ4v) is 4.73. The molecule has 1 fully saturated rings. The van der Waals surface area contributed by atoms with Gasteiger partial charge in [0, 0.05) is 44.8 Å². The van der Waals surface area contributed by atoms with Crippen LogP contribution >= 0.6 is 0 Å². The van der Waals surface area contributed by atoms with Crippen LogP contribution in [0, 0.1) is 0 Å². The first-order chi connectivity index (χ1) is 13.5. The van der Waals surface area contributed by atoms with Gasteiger partial charge in [-0.3, -0.25) is 9.69 Å². The Kier molecular flexibility index (Phi) is 6.83. The number of sulfonamides is 1. The van der Waals surface area contributed by atoms with Gasteiger partial charge in [0.2, 0.25) is 10.0 Å². The van der Waals surface area contributed by atoms with E-state index in [1.165, 1.54) is 15.9 Å². The minimum Gasteiger partial charge on any atom is -0.352 e. The van der Waals surface area contributed by atoms with Crippen molar-refractivity contribution in [2.24, 2.45) is 0 Å². The lowest BCUT2D eigenvalue weighted by molar-refractivity contribution is 0.0953. The lowest BCUT2D eigenvalue weighted by Crippen LogP contribution is -2.48. The van der Waals surface area contributed by atoms with E-state index < -0.39 is 10.0 Å². The molecule has 28 heavy (non-hydrogen) atoms. The molecule has 1 aliphatic heterocycles. The Balaban J connectivity index is 1.65. The number of hydrogen-bond donors (Lipinski definition) is 1. The molecule has 1 aliphatic rings. The van der Waals surface area contributed by atoms with E-state index in [4.69, 9.17) is 0 Å². The molecule has 0 bridgehead atoms. The minimum absolute atomic E-state index is 0.174. The van der Waals surface area contributed by atoms with Crippen LogP contribution in [0.5, 0.6) is 0 Å². The van der Waals surface area contributed by atoms with Gasteiger partial charge in [-0.25, -0.2) is 8.42 Å². The molecule has 1 amide bonds. The first-order valence-corrected chi connectivity index (χ1v) is 11.1. The van der Waals surface area contributed by atoms with Crippen molar-refractivity contribution in [3.63, 3.8) is 0 Å². The second kappa shape index (κ2) is 9.32. The second-order valence-electron chi connectivity index (χ2n) is 6.95. The number of hydrogen-bond acceptors (Lipinski definition) is 4. The molecule has 0 radical (unpaired) electrons. The van der Waals surface area contributed by atoms with E-state index in [-0.39, 0.29) is 10.8 Å². The molecule has 1 heterocycles. The number of carbonyl (C=O) groups is 1. The summed E-state index contributed by atoms with van der Waals surface area (Å²) in [5.74, 6) is -0.244. The van der Waals surface area contributed by atoms with Crippen LogP contribution in [0.4, 0.5) is 0 Å². The van der Waals surface area contributed by atoms with Gasteiger partial charge in [0.1, 0.15) is 0 Å². The average molecular weight is 402 g/mol. The van der Waals surface area contributed by atoms with E-state index in [0.29, 0.717) is 38.3 Å². The number of amides is 1. The van der Waals surface area contributed by atoms with E-state index in [9.17, 15) is 13.2 Å². The minimum atomic E-state index is -3.61. The molecule has 6 nitrogen and oxygen atoms in total. The number of benzene rings is 2. The van der Waals surface area contributed by atoms with Crippen LogP contribution in [0.25, 0.3) is 0 Å². The molecule has 0 spiro atoms. The van der Waals surface area contributed by atoms with Crippen molar-refractivity contribution < 1.29 is 13.2 Å². The van der Waals surface area contributed by atoms with Crippen molar-refractivity contribution >= 4 is 15.9 Å². The number of piperazine rings is 1. The molecule has 0 aliphatic carbocycles. The fourth-order valence-electron chi connectivity index (χ4n) is 3.26. The van der Waals surface area contributed by atoms with Crippen molar-refractivity contribution in [1.29, 1.82) is 0 Å². The van der Waals surface area contributed by atoms with E-state index in [2.05, 4.69) is 22.3 Å². The van der Waals surface area contributed by atoms with Crippen molar-refractivity contribution in [3.05, 3.63) is 65.7 Å². The quantitative estimate of drug-likeness (QED) is 0.773. The van der Waals surface area contributed by atoms with Crippen LogP contribution in [-0.2, 0) is 16.6 Å². The number of nitrogens with zero attached hydrogens (tertiary/aromatic N) is 2. The predicted octanol–water partition coefficient (Wildman–Crippen LogP) is 2.33. The molecular formula is C21H27N3O3S. The molecule has 0 aromatic heterocycles. The lowest BCUT2D eigenvalue weighted by atomic mass is 10.2. The maximum absolute atomic E-state index is 13.0. The Morgan fingerprint density at radius 2 is 1.71 bits per heavy atom. The van der Waals surface area contributed by atoms with E-state index in [1.807, 2.05) is 25.1 Å². The van der Waals surface area contributed by atoms with E-state index in [1.54, 1.807) is 18.2 Å². The maximum Gasteiger partial charge on any atom is 0.251 e. The van der Waals surface area contributed by atoms with Gasteiger partial charge < -0.3 is 5.32 Å². The van der Waals surface area contributed by atoms with Gasteiger partial charge in [-0.1, -0.05) is 43.3 Å². The summed E-state index contributed by atoms with van der Waals surface area (Å²) in [6.07, 6.45) is 0.830. The zero-order valence-corrected chi connectivity index (χ0v) is 17.0. The maximum atomic E-state index is 13.0. The third-order valence-corrected chi connectivity index (χ3v) is 6.74. The highest BCUT2D eigenvalue weighted by molar-refractivity contribution is 7.89. The molecular weight excluding hydrogens is 374 g/mol. The van der Waals surface area contributed by atoms with Gasteiger partial charge in [0.05, 0.1) is 4.90 Å². The predicted molar refractivity (Wildman–Crippen MR) is 110 cm³/mol. The second-order valence-corrected chi connectivity index (χ2v) is 8.89. The van der Waals surface area contributed by atoms with Crippen molar-refractivity contribution in [3.8, 4) is 0 Å². The third kappa shape index (κ3) is 4.98. The van der Waals surface area contributed by atoms with Gasteiger partial charge in [0.25, 0.3) is 5.91 Å². The molecule has 2 aromatic rings. The van der Waals surface area contributed by atoms with Gasteiger partial charge in [-0.05, 0) is 30.2 Å². The molecule has 1 saturated heterocycles. The normalized spacial score (nSPS) is 16.0. The highest BCUT2D eigenvalue weighted by atomic mass is 32.2. The average Bonchev–Trinajstić information content (AvgIpc) is 2.73. The van der Waals surface area contributed by atoms with Gasteiger partial charge in [-0.2, -0.15) is 4.31 Å². The van der Waals surface area contributed by atoms with Crippen LogP contribution < -0.4 is 5.32 Å². The first kappa shape index (κ1) is 20.5. The summed E-state index contributed by atoms with van der Waals surface area (Å²) in [5.41, 5.74) is 1.60. The van der Waals surface area contributed by atoms with Crippen LogP contribution in [-0.4, -0.2) is 56.3 Å². The van der Waals surface area contributed by atoms with Crippen LogP contribution in [0.15, 0.2) is 59.5 Å². The largest absolute Gasteiger partial charge is 0.352 e. The summed E-state index contributed by atoms with van der Waals surface area (Å²) in [6, 6.07) is 16.5. The van der Waals surface area contributed by atoms with Gasteiger partial charge in [0.15, 0.2) is 0 Å². The van der Waals surface area contributed by atoms with Gasteiger partial charge >= 0.3 is 0 Å². The smallest absolute Gasteiger partial charge is 0.251 e. The molecule has 150 valence electrons. The Morgan fingerprint density at radius 3 is 2.39 bits per heavy atom. The lowest BCUT2D eigenvalue weighted by Gasteiger charge is -2.34. The number of carbonyl (C=O) groups excluding carboxylic acids is 1. The molecule has 0 saturated carbocycles. The Hall–Kier alpha value is -2.22. The third-order valence-electron chi connectivity index (χ3n) is 4.85. The standard InChI is InChI=1S/C21H27N3O3S/c1-2-11-22-21(25)19-9-6-10-20(16-19)28(26,27)24-14-12-23(13-15-24)17-18-7-4-3-5-8-18/h3-10,16H,2,11-15,17H2,1H3,(H,22,25). The van der Waals surface area contributed by atoms with Crippen molar-refractivity contribution in [2.45, 2.75) is 24.8 Å². The van der Waals surface area contributed by atoms with E-state index >= 15 is 0 Å². The summed E-state index contributed by atoms with van der Waals surface area (Å²) >= 11 is 0. The van der Waals surface area contributed by atoms with Crippen molar-refractivity contribution in [2.75, 3.05) is 32.7 Å². The van der Waals surface area contributed by atoms with E-state index in [0.717, 1.165) is 13.0 Å². The van der Waals surface area contributed by atoms with Crippen LogP contribution in [0.2, 0.25) is 0 Å². The summed E-state index contributed by atoms with van der Waals surface area (Å²) < 4.78 is 27.5. The zero-order valence-electron chi connectivity index (χ0n) is 16.2. The highest BCUT2D eigenvalue weighted by Crippen LogP contribution is 2.19. The fraction of sp³-hybridized carbons (Fsp3) is 0.381. The first-order valence-electron chi connectivity index (χ1n) is 9.65. The summed E-state index contributed by atoms with van der Waals surface area (Å²) in [6.45, 7) is 5.62. The monoisotopic (exact) mass is 401 g/mol. The molecule has 7 heteroatoms. The molecule has 0 atom stereocenters. The molecule has 1 N–H and O–H groups in total. The highest BCUT2D eigenvalue weighted by Gasteiger charge is 2.28. The van der Waals surface area contributed by atoms with Crippen LogP contribution in [0.1, 0.15) is 29.3 Å². The Bertz CT molecular complexity index is 892. The summed E-state index contributed by atoms with van der Waals surface area (Å²) in [7, 11) is -3.61. The SMILES string of the molecule is CCCNC(=O)c1cccc(S(=O)(=O)N2CCN(Cc3ccccc3)CC2)c1. The number of rotatable bonds is 7. The van der Waals surface area contributed by atoms with Gasteiger partial charge in [-0.15, -0.1) is 0 Å². The zero-order chi connectivity index (χ0) is 20.0. The Morgan fingerprint density at radius 1 is 1.00 bits per heavy atom. The summed E-state index contributed by atoms with van der Waals surface area (Å²) in [5, 5.41) is 2.78. The Labute approximate surface area is 167 Å². The van der Waals surface area contributed by atoms with Crippen molar-refractivity contribution in [1.82, 2.24) is 14.5 Å². The molecule has 3 rings (SSSR count). The number of nitrogens with one attached hydrogen (secondary N) is 1. The van der Waals surface area contributed by atoms with Crippen LogP contribution in [0.3, 0.4) is 0 Å². The molecule has 0 unspecified atom stereocenters.